The van der Waals surface area contributed by atoms with Crippen LogP contribution < -0.4 is 20.3 Å². The van der Waals surface area contributed by atoms with Gasteiger partial charge in [-0.2, -0.15) is 0 Å². The number of piperidine rings is 1. The van der Waals surface area contributed by atoms with Gasteiger partial charge in [0.25, 0.3) is 5.97 Å². The number of ether oxygens (including phenoxy) is 1. The predicted octanol–water partition coefficient (Wildman–Crippen LogP) is 6.86. The van der Waals surface area contributed by atoms with Gasteiger partial charge in [0.05, 0.1) is 5.69 Å². The number of pyridine rings is 1. The molecule has 2 aromatic heterocycles. The van der Waals surface area contributed by atoms with Crippen LogP contribution >= 0.6 is 7.92 Å². The molecule has 3 heterocycles. The fourth-order valence-electron chi connectivity index (χ4n) is 5.13. The highest BCUT2D eigenvalue weighted by molar-refractivity contribution is 7.64. The summed E-state index contributed by atoms with van der Waals surface area (Å²) in [6.45, 7) is 7.29. The number of alkyl halides is 3. The summed E-state index contributed by atoms with van der Waals surface area (Å²) >= 11 is 0. The van der Waals surface area contributed by atoms with E-state index in [2.05, 4.69) is 81.5 Å². The number of aromatic nitrogens is 2. The van der Waals surface area contributed by atoms with Crippen LogP contribution in [0.1, 0.15) is 19.8 Å². The summed E-state index contributed by atoms with van der Waals surface area (Å²) in [6, 6.07) is 17.5. The average Bonchev–Trinajstić information content (AvgIpc) is 3.38. The first kappa shape index (κ1) is 32.1. The maximum absolute atomic E-state index is 12.9. The number of benzene rings is 2. The summed E-state index contributed by atoms with van der Waals surface area (Å²) in [5.74, 6) is -1.09. The molecule has 1 aliphatic rings. The number of fused-ring (bicyclic) bond motifs is 1. The number of aliphatic carboxylic acids is 1. The maximum Gasteiger partial charge on any atom is 0.573 e. The number of hydrogen-bond donors (Lipinski definition) is 3. The zero-order chi connectivity index (χ0) is 31.3. The third-order valence-electron chi connectivity index (χ3n) is 7.22. The van der Waals surface area contributed by atoms with E-state index < -0.39 is 20.3 Å². The second-order valence-electron chi connectivity index (χ2n) is 10.8. The molecular formula is C31H37F3N5O3P. The standard InChI is InChI=1S/C29H33F3N5OP.C2H4O2/c1-36(2)20-12-15-37(16-13-20)21-7-5-19(6-8-21)25-18-23-24(11-14-33-28(23)35-25)34-26-17-22(38-29(30,31)32)9-10-27(26)39(3)4;1-2(3)4/h5-11,14,17-18,20H,12-13,15-16H2,1-4H3,(H2,33,34,35);1H3,(H,3,4). The Hall–Kier alpha value is -3.82. The van der Waals surface area contributed by atoms with Crippen LogP contribution in [0.15, 0.2) is 60.8 Å². The molecule has 0 atom stereocenters. The van der Waals surface area contributed by atoms with Crippen molar-refractivity contribution in [3.05, 3.63) is 60.8 Å². The van der Waals surface area contributed by atoms with Gasteiger partial charge in [-0.1, -0.05) is 20.1 Å². The number of nitrogens with zero attached hydrogens (tertiary/aromatic N) is 3. The number of hydrogen-bond acceptors (Lipinski definition) is 6. The van der Waals surface area contributed by atoms with Gasteiger partial charge >= 0.3 is 6.36 Å². The van der Waals surface area contributed by atoms with Crippen molar-refractivity contribution < 1.29 is 27.8 Å². The smallest absolute Gasteiger partial charge is 0.481 e. The Bertz CT molecular complexity index is 1530. The number of halogens is 3. The van der Waals surface area contributed by atoms with Gasteiger partial charge in [-0.25, -0.2) is 4.98 Å². The number of carboxylic acids is 1. The van der Waals surface area contributed by atoms with Crippen LogP contribution in [-0.2, 0) is 4.79 Å². The van der Waals surface area contributed by atoms with Gasteiger partial charge < -0.3 is 29.9 Å². The second-order valence-corrected chi connectivity index (χ2v) is 13.1. The fraction of sp³-hybridized carbons (Fsp3) is 0.355. The Morgan fingerprint density at radius 1 is 1.07 bits per heavy atom. The monoisotopic (exact) mass is 615 g/mol. The molecule has 4 aromatic rings. The molecule has 2 aromatic carbocycles. The molecule has 12 heteroatoms. The molecule has 0 spiro atoms. The van der Waals surface area contributed by atoms with Crippen LogP contribution in [-0.4, -0.2) is 78.9 Å². The van der Waals surface area contributed by atoms with E-state index in [1.165, 1.54) is 17.8 Å². The molecule has 1 aliphatic heterocycles. The molecule has 5 rings (SSSR count). The summed E-state index contributed by atoms with van der Waals surface area (Å²) in [7, 11) is 3.72. The van der Waals surface area contributed by atoms with Crippen LogP contribution in [0.3, 0.4) is 0 Å². The van der Waals surface area contributed by atoms with Gasteiger partial charge in [-0.3, -0.25) is 4.79 Å². The normalized spacial score (nSPS) is 14.1. The summed E-state index contributed by atoms with van der Waals surface area (Å²) < 4.78 is 42.7. The van der Waals surface area contributed by atoms with Gasteiger partial charge in [0.1, 0.15) is 11.4 Å². The van der Waals surface area contributed by atoms with Crippen molar-refractivity contribution in [3.8, 4) is 17.0 Å². The van der Waals surface area contributed by atoms with E-state index in [0.29, 0.717) is 17.4 Å². The van der Waals surface area contributed by atoms with Crippen molar-refractivity contribution in [2.75, 3.05) is 50.7 Å². The first-order valence-corrected chi connectivity index (χ1v) is 16.1. The lowest BCUT2D eigenvalue weighted by Gasteiger charge is -2.36. The quantitative estimate of drug-likeness (QED) is 0.196. The highest BCUT2D eigenvalue weighted by Crippen LogP contribution is 2.36. The molecule has 1 saturated heterocycles. The molecule has 0 saturated carbocycles. The summed E-state index contributed by atoms with van der Waals surface area (Å²) in [6.07, 6.45) is -0.756. The van der Waals surface area contributed by atoms with E-state index in [4.69, 9.17) is 9.90 Å². The summed E-state index contributed by atoms with van der Waals surface area (Å²) in [5.41, 5.74) is 5.22. The third-order valence-corrected chi connectivity index (χ3v) is 8.58. The Morgan fingerprint density at radius 2 is 1.72 bits per heavy atom. The number of H-pyrrole nitrogens is 1. The molecular weight excluding hydrogens is 578 g/mol. The minimum atomic E-state index is -4.75. The maximum atomic E-state index is 12.9. The minimum Gasteiger partial charge on any atom is -0.481 e. The van der Waals surface area contributed by atoms with Crippen molar-refractivity contribution in [1.29, 1.82) is 0 Å². The van der Waals surface area contributed by atoms with Crippen LogP contribution in [0.25, 0.3) is 22.3 Å². The first-order chi connectivity index (χ1) is 20.3. The molecule has 3 N–H and O–H groups in total. The average molecular weight is 616 g/mol. The number of carbonyl (C=O) groups is 1. The largest absolute Gasteiger partial charge is 0.573 e. The van der Waals surface area contributed by atoms with E-state index in [0.717, 1.165) is 60.5 Å². The van der Waals surface area contributed by atoms with Crippen LogP contribution in [0.5, 0.6) is 5.75 Å². The Kier molecular flexibility index (Phi) is 10.2. The van der Waals surface area contributed by atoms with E-state index >= 15 is 0 Å². The molecule has 43 heavy (non-hydrogen) atoms. The molecule has 8 nitrogen and oxygen atoms in total. The van der Waals surface area contributed by atoms with E-state index in [1.807, 2.05) is 12.1 Å². The van der Waals surface area contributed by atoms with E-state index in [9.17, 15) is 13.2 Å². The van der Waals surface area contributed by atoms with Crippen LogP contribution in [0.2, 0.25) is 0 Å². The molecule has 0 unspecified atom stereocenters. The molecule has 230 valence electrons. The van der Waals surface area contributed by atoms with Crippen molar-refractivity contribution in [3.63, 3.8) is 0 Å². The van der Waals surface area contributed by atoms with E-state index in [1.54, 1.807) is 12.3 Å². The number of carboxylic acid groups (broad SMARTS) is 1. The van der Waals surface area contributed by atoms with Gasteiger partial charge in [-0.05, 0) is 87.5 Å². The second kappa shape index (κ2) is 13.7. The van der Waals surface area contributed by atoms with Crippen molar-refractivity contribution in [2.45, 2.75) is 32.2 Å². The Balaban J connectivity index is 0.000000996. The Labute approximate surface area is 250 Å². The van der Waals surface area contributed by atoms with Crippen molar-refractivity contribution in [2.24, 2.45) is 0 Å². The zero-order valence-corrected chi connectivity index (χ0v) is 25.8. The Morgan fingerprint density at radius 3 is 2.30 bits per heavy atom. The number of rotatable bonds is 7. The number of anilines is 3. The highest BCUT2D eigenvalue weighted by Gasteiger charge is 2.31. The van der Waals surface area contributed by atoms with Crippen LogP contribution in [0, 0.1) is 0 Å². The predicted molar refractivity (Wildman–Crippen MR) is 169 cm³/mol. The van der Waals surface area contributed by atoms with Crippen molar-refractivity contribution >= 4 is 47.3 Å². The topological polar surface area (TPSA) is 93.7 Å². The minimum absolute atomic E-state index is 0.253. The lowest BCUT2D eigenvalue weighted by Crippen LogP contribution is -2.41. The molecule has 0 aliphatic carbocycles. The lowest BCUT2D eigenvalue weighted by atomic mass is 10.0. The lowest BCUT2D eigenvalue weighted by molar-refractivity contribution is -0.274. The third kappa shape index (κ3) is 8.61. The number of aromatic amines is 1. The fourth-order valence-corrected chi connectivity index (χ4v) is 6.11. The van der Waals surface area contributed by atoms with Gasteiger partial charge in [-0.15, -0.1) is 13.2 Å². The highest BCUT2D eigenvalue weighted by atomic mass is 31.1. The van der Waals surface area contributed by atoms with E-state index in [-0.39, 0.29) is 5.75 Å². The summed E-state index contributed by atoms with van der Waals surface area (Å²) in [5, 5.41) is 12.6. The van der Waals surface area contributed by atoms with Crippen molar-refractivity contribution in [1.82, 2.24) is 14.9 Å². The molecule has 0 radical (unpaired) electrons. The zero-order valence-electron chi connectivity index (χ0n) is 24.9. The van der Waals surface area contributed by atoms with Gasteiger partial charge in [0.2, 0.25) is 0 Å². The first-order valence-electron chi connectivity index (χ1n) is 13.8. The van der Waals surface area contributed by atoms with Gasteiger partial charge in [0, 0.05) is 60.8 Å². The molecule has 0 amide bonds. The van der Waals surface area contributed by atoms with Gasteiger partial charge in [0.15, 0.2) is 0 Å². The van der Waals surface area contributed by atoms with Crippen LogP contribution in [0.4, 0.5) is 30.2 Å². The molecule has 0 bridgehead atoms. The summed E-state index contributed by atoms with van der Waals surface area (Å²) in [4.78, 5) is 21.6. The number of nitrogens with one attached hydrogen (secondary N) is 2. The SMILES string of the molecule is CC(=O)O.CN(C)C1CCN(c2ccc(-c3cc4c(Nc5cc(OC(F)(F)F)ccc5P(C)C)ccnc4[nH]3)cc2)CC1. The molecule has 1 fully saturated rings.